The molecule has 1 saturated heterocycles. The lowest BCUT2D eigenvalue weighted by atomic mass is 10.1. The van der Waals surface area contributed by atoms with Gasteiger partial charge >= 0.3 is 0 Å². The molecule has 0 saturated carbocycles. The first-order chi connectivity index (χ1) is 14.3. The summed E-state index contributed by atoms with van der Waals surface area (Å²) in [5.41, 5.74) is -0.339. The molecule has 0 unspecified atom stereocenters. The third kappa shape index (κ3) is 3.49. The van der Waals surface area contributed by atoms with Gasteiger partial charge in [0.25, 0.3) is 16.4 Å². The van der Waals surface area contributed by atoms with E-state index in [0.29, 0.717) is 15.5 Å². The summed E-state index contributed by atoms with van der Waals surface area (Å²) in [6, 6.07) is 7.30. The van der Waals surface area contributed by atoms with Crippen molar-refractivity contribution in [1.29, 1.82) is 0 Å². The minimum atomic E-state index is -4.36. The molecule has 1 fully saturated rings. The summed E-state index contributed by atoms with van der Waals surface area (Å²) in [7, 11) is -2.86. The van der Waals surface area contributed by atoms with Gasteiger partial charge < -0.3 is 9.64 Å². The van der Waals surface area contributed by atoms with E-state index in [4.69, 9.17) is 4.74 Å². The van der Waals surface area contributed by atoms with Gasteiger partial charge in [0.1, 0.15) is 17.3 Å². The number of alkyl halides is 2. The predicted molar refractivity (Wildman–Crippen MR) is 106 cm³/mol. The first-order valence-electron chi connectivity index (χ1n) is 9.48. The van der Waals surface area contributed by atoms with E-state index in [2.05, 4.69) is 5.10 Å². The molecule has 1 aliphatic heterocycles. The third-order valence-electron chi connectivity index (χ3n) is 5.22. The van der Waals surface area contributed by atoms with E-state index in [0.717, 1.165) is 50.6 Å². The van der Waals surface area contributed by atoms with Crippen molar-refractivity contribution in [2.45, 2.75) is 30.6 Å². The van der Waals surface area contributed by atoms with Crippen LogP contribution < -0.4 is 9.64 Å². The highest BCUT2D eigenvalue weighted by molar-refractivity contribution is 7.90. The van der Waals surface area contributed by atoms with Gasteiger partial charge in [-0.15, -0.1) is 0 Å². The van der Waals surface area contributed by atoms with Crippen LogP contribution in [0.15, 0.2) is 41.3 Å². The number of hydrogen-bond donors (Lipinski definition) is 0. The van der Waals surface area contributed by atoms with Crippen LogP contribution >= 0.6 is 0 Å². The van der Waals surface area contributed by atoms with Crippen molar-refractivity contribution >= 4 is 26.6 Å². The van der Waals surface area contributed by atoms with Crippen molar-refractivity contribution in [3.63, 3.8) is 0 Å². The van der Waals surface area contributed by atoms with Crippen LogP contribution in [0.2, 0.25) is 0 Å². The molecule has 0 atom stereocenters. The number of fused-ring (bicyclic) bond motifs is 1. The van der Waals surface area contributed by atoms with Crippen LogP contribution in [0.5, 0.6) is 5.75 Å². The fourth-order valence-corrected chi connectivity index (χ4v) is 5.05. The van der Waals surface area contributed by atoms with Gasteiger partial charge in [0.15, 0.2) is 0 Å². The normalized spacial score (nSPS) is 15.2. The number of piperidine rings is 1. The molecule has 1 aromatic heterocycles. The highest BCUT2D eigenvalue weighted by Crippen LogP contribution is 2.35. The SMILES string of the molecule is COc1ccc(S(=O)(=O)n2nc(C(F)F)c3ccc(F)cc32)cc1N1CCCCC1. The monoisotopic (exact) mass is 439 g/mol. The first kappa shape index (κ1) is 20.5. The van der Waals surface area contributed by atoms with Crippen molar-refractivity contribution in [2.75, 3.05) is 25.1 Å². The van der Waals surface area contributed by atoms with Crippen LogP contribution in [0.3, 0.4) is 0 Å². The van der Waals surface area contributed by atoms with Crippen LogP contribution in [0.25, 0.3) is 10.9 Å². The molecule has 6 nitrogen and oxygen atoms in total. The lowest BCUT2D eigenvalue weighted by molar-refractivity contribution is 0.147. The smallest absolute Gasteiger partial charge is 0.283 e. The second-order valence-corrected chi connectivity index (χ2v) is 8.84. The molecule has 30 heavy (non-hydrogen) atoms. The van der Waals surface area contributed by atoms with E-state index in [1.807, 2.05) is 4.90 Å². The summed E-state index contributed by atoms with van der Waals surface area (Å²) in [4.78, 5) is 1.89. The number of benzene rings is 2. The van der Waals surface area contributed by atoms with Crippen LogP contribution in [-0.2, 0) is 10.0 Å². The van der Waals surface area contributed by atoms with Gasteiger partial charge in [0, 0.05) is 24.5 Å². The van der Waals surface area contributed by atoms with Crippen LogP contribution in [-0.4, -0.2) is 37.8 Å². The molecule has 0 radical (unpaired) electrons. The number of rotatable bonds is 5. The lowest BCUT2D eigenvalue weighted by Crippen LogP contribution is -2.30. The van der Waals surface area contributed by atoms with Crippen molar-refractivity contribution in [3.05, 3.63) is 47.9 Å². The summed E-state index contributed by atoms with van der Waals surface area (Å²) in [5.74, 6) is -0.233. The Morgan fingerprint density at radius 2 is 1.80 bits per heavy atom. The van der Waals surface area contributed by atoms with Crippen LogP contribution in [0.4, 0.5) is 18.9 Å². The maximum atomic E-state index is 13.8. The van der Waals surface area contributed by atoms with Crippen molar-refractivity contribution in [2.24, 2.45) is 0 Å². The molecule has 10 heteroatoms. The summed E-state index contributed by atoms with van der Waals surface area (Å²) in [5, 5.41) is 3.52. The molecule has 4 rings (SSSR count). The highest BCUT2D eigenvalue weighted by atomic mass is 32.2. The van der Waals surface area contributed by atoms with Gasteiger partial charge in [-0.1, -0.05) is 0 Å². The van der Waals surface area contributed by atoms with Gasteiger partial charge in [-0.25, -0.2) is 13.2 Å². The quantitative estimate of drug-likeness (QED) is 0.592. The molecule has 0 aliphatic carbocycles. The third-order valence-corrected chi connectivity index (χ3v) is 6.80. The van der Waals surface area contributed by atoms with Gasteiger partial charge in [0.05, 0.1) is 23.2 Å². The fraction of sp³-hybridized carbons (Fsp3) is 0.350. The van der Waals surface area contributed by atoms with Crippen molar-refractivity contribution in [3.8, 4) is 5.75 Å². The average molecular weight is 439 g/mol. The highest BCUT2D eigenvalue weighted by Gasteiger charge is 2.28. The van der Waals surface area contributed by atoms with E-state index in [-0.39, 0.29) is 15.8 Å². The molecular formula is C20H20F3N3O3S. The summed E-state index contributed by atoms with van der Waals surface area (Å²) in [6.45, 7) is 1.51. The maximum Gasteiger partial charge on any atom is 0.283 e. The van der Waals surface area contributed by atoms with E-state index >= 15 is 0 Å². The Balaban J connectivity index is 1.87. The van der Waals surface area contributed by atoms with E-state index in [1.54, 1.807) is 0 Å². The summed E-state index contributed by atoms with van der Waals surface area (Å²) < 4.78 is 73.1. The summed E-state index contributed by atoms with van der Waals surface area (Å²) in [6.07, 6.45) is 0.0362. The molecule has 3 aromatic rings. The fourth-order valence-electron chi connectivity index (χ4n) is 3.74. The standard InChI is InChI=1S/C20H20F3N3O3S/c1-29-18-8-6-14(12-17(18)25-9-3-2-4-10-25)30(27,28)26-16-11-13(21)5-7-15(16)19(24-26)20(22)23/h5-8,11-12,20H,2-4,9-10H2,1H3. The van der Waals surface area contributed by atoms with E-state index < -0.39 is 28.0 Å². The Labute approximate surface area is 171 Å². The molecule has 2 aromatic carbocycles. The zero-order chi connectivity index (χ0) is 21.5. The Kier molecular flexibility index (Phi) is 5.35. The van der Waals surface area contributed by atoms with E-state index in [1.165, 1.54) is 25.3 Å². The average Bonchev–Trinajstić information content (AvgIpc) is 3.13. The van der Waals surface area contributed by atoms with Gasteiger partial charge in [0.2, 0.25) is 0 Å². The van der Waals surface area contributed by atoms with E-state index in [9.17, 15) is 21.6 Å². The molecular weight excluding hydrogens is 419 g/mol. The Bertz CT molecular complexity index is 1190. The summed E-state index contributed by atoms with van der Waals surface area (Å²) >= 11 is 0. The second kappa shape index (κ2) is 7.82. The molecule has 0 amide bonds. The predicted octanol–water partition coefficient (Wildman–Crippen LogP) is 4.35. The van der Waals surface area contributed by atoms with Crippen LogP contribution in [0, 0.1) is 5.82 Å². The maximum absolute atomic E-state index is 13.8. The first-order valence-corrected chi connectivity index (χ1v) is 10.9. The number of methoxy groups -OCH3 is 1. The molecule has 0 spiro atoms. The number of anilines is 1. The van der Waals surface area contributed by atoms with Gasteiger partial charge in [-0.3, -0.25) is 0 Å². The Hall–Kier alpha value is -2.75. The lowest BCUT2D eigenvalue weighted by Gasteiger charge is -2.30. The van der Waals surface area contributed by atoms with Gasteiger partial charge in [-0.2, -0.15) is 17.6 Å². The Morgan fingerprint density at radius 1 is 1.07 bits per heavy atom. The number of nitrogens with zero attached hydrogens (tertiary/aromatic N) is 3. The number of aromatic nitrogens is 2. The number of halogens is 3. The zero-order valence-electron chi connectivity index (χ0n) is 16.2. The number of hydrogen-bond acceptors (Lipinski definition) is 5. The molecule has 0 N–H and O–H groups in total. The number of ether oxygens (including phenoxy) is 1. The zero-order valence-corrected chi connectivity index (χ0v) is 17.0. The van der Waals surface area contributed by atoms with Gasteiger partial charge in [-0.05, 0) is 49.6 Å². The molecule has 2 heterocycles. The largest absolute Gasteiger partial charge is 0.495 e. The minimum Gasteiger partial charge on any atom is -0.495 e. The topological polar surface area (TPSA) is 64.4 Å². The van der Waals surface area contributed by atoms with Crippen LogP contribution in [0.1, 0.15) is 31.4 Å². The minimum absolute atomic E-state index is 0.111. The second-order valence-electron chi connectivity index (χ2n) is 7.08. The van der Waals surface area contributed by atoms with Crippen molar-refractivity contribution < 1.29 is 26.3 Å². The molecule has 160 valence electrons. The van der Waals surface area contributed by atoms with Crippen molar-refractivity contribution in [1.82, 2.24) is 9.19 Å². The molecule has 1 aliphatic rings. The Morgan fingerprint density at radius 3 is 2.47 bits per heavy atom. The molecule has 0 bridgehead atoms.